The van der Waals surface area contributed by atoms with Crippen molar-refractivity contribution in [3.05, 3.63) is 72.6 Å². The van der Waals surface area contributed by atoms with Crippen LogP contribution < -0.4 is 5.32 Å². The van der Waals surface area contributed by atoms with Crippen LogP contribution in [0.2, 0.25) is 0 Å². The first-order valence-corrected chi connectivity index (χ1v) is 6.17. The molecule has 0 radical (unpaired) electrons. The highest BCUT2D eigenvalue weighted by Gasteiger charge is 2.03. The van der Waals surface area contributed by atoms with E-state index in [1.54, 1.807) is 10.9 Å². The number of nitrogens with one attached hydrogen (secondary N) is 1. The number of benzene rings is 2. The van der Waals surface area contributed by atoms with Gasteiger partial charge >= 0.3 is 0 Å². The fourth-order valence-corrected chi connectivity index (χ4v) is 1.95. The van der Waals surface area contributed by atoms with Crippen molar-refractivity contribution in [1.29, 1.82) is 0 Å². The molecule has 1 heterocycles. The Labute approximate surface area is 111 Å². The Morgan fingerprint density at radius 3 is 2.53 bits per heavy atom. The summed E-state index contributed by atoms with van der Waals surface area (Å²) in [5.74, 6) is 0. The van der Waals surface area contributed by atoms with Gasteiger partial charge in [-0.2, -0.15) is 0 Å². The van der Waals surface area contributed by atoms with Gasteiger partial charge in [0.25, 0.3) is 0 Å². The molecule has 94 valence electrons. The molecule has 0 spiro atoms. The molecule has 0 atom stereocenters. The second-order valence-electron chi connectivity index (χ2n) is 4.20. The molecule has 0 saturated carbocycles. The number of nitrogens with zero attached hydrogens (tertiary/aromatic N) is 3. The lowest BCUT2D eigenvalue weighted by Gasteiger charge is -2.11. The summed E-state index contributed by atoms with van der Waals surface area (Å²) >= 11 is 0. The monoisotopic (exact) mass is 250 g/mol. The highest BCUT2D eigenvalue weighted by atomic mass is 15.4. The maximum atomic E-state index is 4.03. The van der Waals surface area contributed by atoms with Gasteiger partial charge in [0, 0.05) is 6.54 Å². The third-order valence-electron chi connectivity index (χ3n) is 2.90. The first-order chi connectivity index (χ1) is 9.43. The van der Waals surface area contributed by atoms with Crippen LogP contribution in [0, 0.1) is 0 Å². The maximum Gasteiger partial charge on any atom is 0.0894 e. The van der Waals surface area contributed by atoms with Gasteiger partial charge in [-0.3, -0.25) is 0 Å². The summed E-state index contributed by atoms with van der Waals surface area (Å²) in [4.78, 5) is 0. The van der Waals surface area contributed by atoms with Crippen molar-refractivity contribution in [1.82, 2.24) is 15.0 Å². The second-order valence-corrected chi connectivity index (χ2v) is 4.20. The van der Waals surface area contributed by atoms with E-state index in [4.69, 9.17) is 0 Å². The Bertz CT molecular complexity index is 632. The van der Waals surface area contributed by atoms with Crippen molar-refractivity contribution >= 4 is 5.69 Å². The van der Waals surface area contributed by atoms with Crippen molar-refractivity contribution in [3.63, 3.8) is 0 Å². The Morgan fingerprint density at radius 2 is 1.74 bits per heavy atom. The molecular formula is C15H14N4. The normalized spacial score (nSPS) is 10.3. The number of hydrogen-bond acceptors (Lipinski definition) is 3. The Morgan fingerprint density at radius 1 is 0.947 bits per heavy atom. The highest BCUT2D eigenvalue weighted by Crippen LogP contribution is 2.19. The maximum absolute atomic E-state index is 4.03. The zero-order valence-corrected chi connectivity index (χ0v) is 10.4. The Balaban J connectivity index is 1.82. The van der Waals surface area contributed by atoms with E-state index < -0.39 is 0 Å². The molecule has 1 aromatic heterocycles. The van der Waals surface area contributed by atoms with E-state index in [1.807, 2.05) is 48.7 Å². The summed E-state index contributed by atoms with van der Waals surface area (Å²) in [7, 11) is 0. The molecule has 2 aromatic carbocycles. The SMILES string of the molecule is c1ccc(CNc2ccccc2-n2ccnn2)cc1. The minimum atomic E-state index is 0.784. The average Bonchev–Trinajstić information content (AvgIpc) is 3.01. The van der Waals surface area contributed by atoms with Crippen LogP contribution in [-0.4, -0.2) is 15.0 Å². The molecule has 0 bridgehead atoms. The molecule has 4 heteroatoms. The minimum absolute atomic E-state index is 0.784. The van der Waals surface area contributed by atoms with Crippen LogP contribution in [0.3, 0.4) is 0 Å². The molecule has 1 N–H and O–H groups in total. The van der Waals surface area contributed by atoms with Gasteiger partial charge in [0.05, 0.1) is 23.8 Å². The highest BCUT2D eigenvalue weighted by molar-refractivity contribution is 5.60. The lowest BCUT2D eigenvalue weighted by atomic mass is 10.2. The van der Waals surface area contributed by atoms with Crippen LogP contribution in [0.25, 0.3) is 5.69 Å². The lowest BCUT2D eigenvalue weighted by Crippen LogP contribution is -2.04. The van der Waals surface area contributed by atoms with E-state index in [-0.39, 0.29) is 0 Å². The fraction of sp³-hybridized carbons (Fsp3) is 0.0667. The molecular weight excluding hydrogens is 236 g/mol. The van der Waals surface area contributed by atoms with Crippen molar-refractivity contribution in [2.45, 2.75) is 6.54 Å². The smallest absolute Gasteiger partial charge is 0.0894 e. The van der Waals surface area contributed by atoms with Crippen LogP contribution in [-0.2, 0) is 6.54 Å². The second kappa shape index (κ2) is 5.35. The quantitative estimate of drug-likeness (QED) is 0.774. The van der Waals surface area contributed by atoms with Crippen molar-refractivity contribution in [3.8, 4) is 5.69 Å². The molecule has 3 rings (SSSR count). The van der Waals surface area contributed by atoms with Crippen molar-refractivity contribution in [2.24, 2.45) is 0 Å². The number of hydrogen-bond donors (Lipinski definition) is 1. The van der Waals surface area contributed by atoms with Gasteiger partial charge in [-0.05, 0) is 17.7 Å². The topological polar surface area (TPSA) is 42.7 Å². The number of rotatable bonds is 4. The molecule has 3 aromatic rings. The van der Waals surface area contributed by atoms with E-state index in [0.717, 1.165) is 17.9 Å². The van der Waals surface area contributed by atoms with Crippen LogP contribution in [0.4, 0.5) is 5.69 Å². The molecule has 0 saturated heterocycles. The average molecular weight is 250 g/mol. The van der Waals surface area contributed by atoms with Crippen molar-refractivity contribution < 1.29 is 0 Å². The summed E-state index contributed by atoms with van der Waals surface area (Å²) in [5.41, 5.74) is 3.28. The minimum Gasteiger partial charge on any atom is -0.379 e. The molecule has 0 unspecified atom stereocenters. The molecule has 0 aliphatic rings. The largest absolute Gasteiger partial charge is 0.379 e. The first kappa shape index (κ1) is 11.5. The summed E-state index contributed by atoms with van der Waals surface area (Å²) in [6.07, 6.45) is 3.51. The third-order valence-corrected chi connectivity index (χ3v) is 2.90. The molecule has 19 heavy (non-hydrogen) atoms. The predicted molar refractivity (Wildman–Crippen MR) is 75.1 cm³/mol. The molecule has 0 amide bonds. The summed E-state index contributed by atoms with van der Waals surface area (Å²) in [5, 5.41) is 11.3. The van der Waals surface area contributed by atoms with Gasteiger partial charge in [0.15, 0.2) is 0 Å². The van der Waals surface area contributed by atoms with E-state index >= 15 is 0 Å². The van der Waals surface area contributed by atoms with E-state index in [1.165, 1.54) is 5.56 Å². The zero-order chi connectivity index (χ0) is 12.9. The van der Waals surface area contributed by atoms with Crippen molar-refractivity contribution in [2.75, 3.05) is 5.32 Å². The third kappa shape index (κ3) is 2.63. The Hall–Kier alpha value is -2.62. The number of para-hydroxylation sites is 2. The van der Waals surface area contributed by atoms with Gasteiger partial charge < -0.3 is 5.32 Å². The van der Waals surface area contributed by atoms with Crippen LogP contribution >= 0.6 is 0 Å². The molecule has 4 nitrogen and oxygen atoms in total. The first-order valence-electron chi connectivity index (χ1n) is 6.17. The van der Waals surface area contributed by atoms with E-state index in [9.17, 15) is 0 Å². The zero-order valence-electron chi connectivity index (χ0n) is 10.4. The van der Waals surface area contributed by atoms with E-state index in [2.05, 4.69) is 27.8 Å². The lowest BCUT2D eigenvalue weighted by molar-refractivity contribution is 0.803. The summed E-state index contributed by atoms with van der Waals surface area (Å²) in [6.45, 7) is 0.784. The number of anilines is 1. The molecule has 0 fully saturated rings. The standard InChI is InChI=1S/C15H14N4/c1-2-6-13(7-3-1)12-16-14-8-4-5-9-15(14)19-11-10-17-18-19/h1-11,16H,12H2. The van der Waals surface area contributed by atoms with Crippen LogP contribution in [0.5, 0.6) is 0 Å². The molecule has 0 aliphatic heterocycles. The molecule has 0 aliphatic carbocycles. The van der Waals surface area contributed by atoms with Crippen LogP contribution in [0.1, 0.15) is 5.56 Å². The predicted octanol–water partition coefficient (Wildman–Crippen LogP) is 2.88. The van der Waals surface area contributed by atoms with Crippen LogP contribution in [0.15, 0.2) is 67.0 Å². The van der Waals surface area contributed by atoms with Gasteiger partial charge in [0.2, 0.25) is 0 Å². The summed E-state index contributed by atoms with van der Waals surface area (Å²) in [6, 6.07) is 18.4. The van der Waals surface area contributed by atoms with Gasteiger partial charge in [-0.15, -0.1) is 5.10 Å². The van der Waals surface area contributed by atoms with Gasteiger partial charge in [-0.25, -0.2) is 4.68 Å². The Kier molecular flexibility index (Phi) is 3.23. The fourth-order valence-electron chi connectivity index (χ4n) is 1.95. The van der Waals surface area contributed by atoms with Gasteiger partial charge in [0.1, 0.15) is 0 Å². The number of aromatic nitrogens is 3. The van der Waals surface area contributed by atoms with E-state index in [0.29, 0.717) is 0 Å². The van der Waals surface area contributed by atoms with Gasteiger partial charge in [-0.1, -0.05) is 47.7 Å². The summed E-state index contributed by atoms with van der Waals surface area (Å²) < 4.78 is 1.76.